The number of quaternary nitrogens is 1. The molecule has 2 rings (SSSR count). The number of esters is 2. The number of carbonyl (C=O) groups is 2. The largest absolute Gasteiger partial charge is 0.504 e. The van der Waals surface area contributed by atoms with Crippen molar-refractivity contribution in [1.29, 1.82) is 0 Å². The fourth-order valence-corrected chi connectivity index (χ4v) is 2.24. The smallest absolute Gasteiger partial charge is 0.365 e. The number of rotatable bonds is 7. The molecule has 2 aromatic rings. The average molecular weight is 360 g/mol. The molecule has 2 atom stereocenters. The van der Waals surface area contributed by atoms with Gasteiger partial charge in [-0.05, 0) is 36.8 Å². The molecule has 7 heteroatoms. The molecule has 5 N–H and O–H groups in total. The van der Waals surface area contributed by atoms with Crippen LogP contribution in [0.25, 0.3) is 0 Å². The van der Waals surface area contributed by atoms with Crippen LogP contribution in [0.15, 0.2) is 48.5 Å². The van der Waals surface area contributed by atoms with E-state index in [1.165, 1.54) is 12.1 Å². The molecule has 2 aromatic carbocycles. The van der Waals surface area contributed by atoms with Crippen LogP contribution in [0.5, 0.6) is 11.5 Å². The van der Waals surface area contributed by atoms with Crippen LogP contribution in [0, 0.1) is 0 Å². The van der Waals surface area contributed by atoms with Gasteiger partial charge in [-0.1, -0.05) is 24.3 Å². The highest BCUT2D eigenvalue weighted by atomic mass is 16.6. The number of hydrogen-bond donors (Lipinski definition) is 3. The maximum absolute atomic E-state index is 12.0. The maximum Gasteiger partial charge on any atom is 0.365 e. The van der Waals surface area contributed by atoms with Crippen molar-refractivity contribution in [2.75, 3.05) is 6.61 Å². The first-order valence-corrected chi connectivity index (χ1v) is 8.13. The third kappa shape index (κ3) is 5.49. The van der Waals surface area contributed by atoms with Gasteiger partial charge in [-0.3, -0.25) is 0 Å². The second-order valence-electron chi connectivity index (χ2n) is 5.94. The summed E-state index contributed by atoms with van der Waals surface area (Å²) < 4.78 is 10.4. The third-order valence-electron chi connectivity index (χ3n) is 3.63. The summed E-state index contributed by atoms with van der Waals surface area (Å²) in [4.78, 5) is 23.9. The minimum absolute atomic E-state index is 0.0791. The normalized spacial score (nSPS) is 12.8. The van der Waals surface area contributed by atoms with E-state index in [-0.39, 0.29) is 24.5 Å². The van der Waals surface area contributed by atoms with Crippen LogP contribution in [0.4, 0.5) is 0 Å². The Morgan fingerprint density at radius 2 is 1.77 bits per heavy atom. The molecule has 0 radical (unpaired) electrons. The Hall–Kier alpha value is -3.06. The first-order valence-electron chi connectivity index (χ1n) is 8.13. The summed E-state index contributed by atoms with van der Waals surface area (Å²) in [5, 5.41) is 18.8. The van der Waals surface area contributed by atoms with Crippen molar-refractivity contribution < 1.29 is 35.0 Å². The Kier molecular flexibility index (Phi) is 6.57. The molecule has 1 unspecified atom stereocenters. The second kappa shape index (κ2) is 8.87. The number of phenols is 2. The van der Waals surface area contributed by atoms with Gasteiger partial charge in [0, 0.05) is 6.42 Å². The van der Waals surface area contributed by atoms with Crippen LogP contribution in [-0.2, 0) is 20.7 Å². The topological polar surface area (TPSA) is 121 Å². The minimum atomic E-state index is -0.698. The van der Waals surface area contributed by atoms with E-state index in [2.05, 4.69) is 5.73 Å². The molecule has 7 nitrogen and oxygen atoms in total. The molecule has 0 fully saturated rings. The Morgan fingerprint density at radius 3 is 2.42 bits per heavy atom. The molecular weight excluding hydrogens is 338 g/mol. The minimum Gasteiger partial charge on any atom is -0.504 e. The van der Waals surface area contributed by atoms with Gasteiger partial charge in [0.2, 0.25) is 0 Å². The summed E-state index contributed by atoms with van der Waals surface area (Å²) in [6.45, 7) is 1.55. The molecule has 0 aliphatic rings. The van der Waals surface area contributed by atoms with Crippen molar-refractivity contribution in [1.82, 2.24) is 0 Å². The molecule has 0 spiro atoms. The van der Waals surface area contributed by atoms with E-state index < -0.39 is 24.1 Å². The van der Waals surface area contributed by atoms with Crippen molar-refractivity contribution in [3.8, 4) is 11.5 Å². The molecule has 0 amide bonds. The average Bonchev–Trinajstić information content (AvgIpc) is 2.63. The van der Waals surface area contributed by atoms with Crippen molar-refractivity contribution >= 4 is 11.9 Å². The zero-order valence-electron chi connectivity index (χ0n) is 14.4. The first-order chi connectivity index (χ1) is 12.4. The fraction of sp³-hybridized carbons (Fsp3) is 0.263. The number of carbonyl (C=O) groups excluding carboxylic acids is 2. The lowest BCUT2D eigenvalue weighted by Gasteiger charge is -2.15. The summed E-state index contributed by atoms with van der Waals surface area (Å²) in [6, 6.07) is 12.1. The van der Waals surface area contributed by atoms with Gasteiger partial charge >= 0.3 is 11.9 Å². The molecular formula is C19H22NO6+. The summed E-state index contributed by atoms with van der Waals surface area (Å²) >= 11 is 0. The van der Waals surface area contributed by atoms with Crippen LogP contribution >= 0.6 is 0 Å². The molecule has 26 heavy (non-hydrogen) atoms. The van der Waals surface area contributed by atoms with Crippen LogP contribution in [0.1, 0.15) is 22.8 Å². The molecule has 138 valence electrons. The Morgan fingerprint density at radius 1 is 1.08 bits per heavy atom. The summed E-state index contributed by atoms with van der Waals surface area (Å²) in [5.41, 5.74) is 4.81. The van der Waals surface area contributed by atoms with E-state index in [9.17, 15) is 19.8 Å². The highest BCUT2D eigenvalue weighted by Crippen LogP contribution is 2.25. The SMILES string of the molecule is C[C@H](COC(=O)C([NH3+])Cc1ccc(O)c(O)c1)OC(=O)c1ccccc1. The van der Waals surface area contributed by atoms with E-state index >= 15 is 0 Å². The molecule has 0 saturated carbocycles. The fourth-order valence-electron chi connectivity index (χ4n) is 2.24. The lowest BCUT2D eigenvalue weighted by molar-refractivity contribution is -0.408. The standard InChI is InChI=1S/C19H21NO6/c1-12(26-18(23)14-5-3-2-4-6-14)11-25-19(24)15(20)9-13-7-8-16(21)17(22)10-13/h2-8,10,12,15,21-22H,9,11,20H2,1H3/p+1/t12-,15?/m1/s1. The van der Waals surface area contributed by atoms with Gasteiger partial charge in [-0.25, -0.2) is 9.59 Å². The van der Waals surface area contributed by atoms with Gasteiger partial charge in [0.1, 0.15) is 12.7 Å². The predicted octanol–water partition coefficient (Wildman–Crippen LogP) is 1.04. The second-order valence-corrected chi connectivity index (χ2v) is 5.94. The molecule has 0 saturated heterocycles. The number of phenolic OH excluding ortho intramolecular Hbond substituents is 2. The third-order valence-corrected chi connectivity index (χ3v) is 3.63. The summed E-state index contributed by atoms with van der Waals surface area (Å²) in [5.74, 6) is -1.52. The highest BCUT2D eigenvalue weighted by molar-refractivity contribution is 5.89. The quantitative estimate of drug-likeness (QED) is 0.501. The van der Waals surface area contributed by atoms with Crippen LogP contribution in [-0.4, -0.2) is 40.9 Å². The zero-order valence-corrected chi connectivity index (χ0v) is 14.4. The molecule has 0 aliphatic carbocycles. The Balaban J connectivity index is 1.79. The maximum atomic E-state index is 12.0. The number of hydrogen-bond acceptors (Lipinski definition) is 6. The van der Waals surface area contributed by atoms with Gasteiger partial charge in [0.25, 0.3) is 0 Å². The monoisotopic (exact) mass is 360 g/mol. The van der Waals surface area contributed by atoms with Gasteiger partial charge in [0.15, 0.2) is 17.5 Å². The lowest BCUT2D eigenvalue weighted by atomic mass is 10.1. The predicted molar refractivity (Wildman–Crippen MR) is 92.4 cm³/mol. The molecule has 0 aromatic heterocycles. The van der Waals surface area contributed by atoms with Crippen LogP contribution < -0.4 is 5.73 Å². The van der Waals surface area contributed by atoms with Crippen molar-refractivity contribution in [2.24, 2.45) is 0 Å². The van der Waals surface area contributed by atoms with Crippen molar-refractivity contribution in [2.45, 2.75) is 25.5 Å². The van der Waals surface area contributed by atoms with Gasteiger partial charge in [-0.2, -0.15) is 0 Å². The van der Waals surface area contributed by atoms with E-state index in [0.717, 1.165) is 0 Å². The first kappa shape index (κ1) is 19.3. The van der Waals surface area contributed by atoms with Crippen LogP contribution in [0.2, 0.25) is 0 Å². The Bertz CT molecular complexity index is 762. The Labute approximate surface area is 151 Å². The summed E-state index contributed by atoms with van der Waals surface area (Å²) in [7, 11) is 0. The van der Waals surface area contributed by atoms with E-state index in [0.29, 0.717) is 11.1 Å². The number of benzene rings is 2. The molecule has 0 aliphatic heterocycles. The van der Waals surface area contributed by atoms with Gasteiger partial charge < -0.3 is 25.4 Å². The summed E-state index contributed by atoms with van der Waals surface area (Å²) in [6.07, 6.45) is -0.359. The van der Waals surface area contributed by atoms with Gasteiger partial charge in [-0.15, -0.1) is 0 Å². The van der Waals surface area contributed by atoms with E-state index in [1.54, 1.807) is 43.3 Å². The number of ether oxygens (including phenoxy) is 2. The lowest BCUT2D eigenvalue weighted by Crippen LogP contribution is -2.66. The number of aromatic hydroxyl groups is 2. The van der Waals surface area contributed by atoms with Crippen molar-refractivity contribution in [3.05, 3.63) is 59.7 Å². The van der Waals surface area contributed by atoms with Crippen molar-refractivity contribution in [3.63, 3.8) is 0 Å². The molecule has 0 bridgehead atoms. The highest BCUT2D eigenvalue weighted by Gasteiger charge is 2.22. The zero-order chi connectivity index (χ0) is 19.1. The van der Waals surface area contributed by atoms with E-state index in [1.807, 2.05) is 0 Å². The van der Waals surface area contributed by atoms with E-state index in [4.69, 9.17) is 9.47 Å². The molecule has 0 heterocycles. The van der Waals surface area contributed by atoms with Crippen LogP contribution in [0.3, 0.4) is 0 Å². The van der Waals surface area contributed by atoms with Gasteiger partial charge in [0.05, 0.1) is 5.56 Å².